The quantitative estimate of drug-likeness (QED) is 0.799. The molecule has 0 unspecified atom stereocenters. The minimum absolute atomic E-state index is 0.256. The Morgan fingerprint density at radius 1 is 1.13 bits per heavy atom. The first-order valence-corrected chi connectivity index (χ1v) is 8.94. The number of anilines is 1. The van der Waals surface area contributed by atoms with Crippen molar-refractivity contribution >= 4 is 26.7 Å². The molecule has 6 heteroatoms. The van der Waals surface area contributed by atoms with E-state index in [0.29, 0.717) is 5.69 Å². The van der Waals surface area contributed by atoms with Crippen LogP contribution >= 0.6 is 0 Å². The second-order valence-corrected chi connectivity index (χ2v) is 7.21. The van der Waals surface area contributed by atoms with Gasteiger partial charge in [0.05, 0.1) is 21.6 Å². The van der Waals surface area contributed by atoms with Gasteiger partial charge in [-0.25, -0.2) is 13.4 Å². The summed E-state index contributed by atoms with van der Waals surface area (Å²) in [5.41, 5.74) is 3.36. The Labute approximate surface area is 136 Å². The Morgan fingerprint density at radius 3 is 2.48 bits per heavy atom. The highest BCUT2D eigenvalue weighted by Gasteiger charge is 2.15. The van der Waals surface area contributed by atoms with Crippen LogP contribution in [-0.2, 0) is 23.5 Å². The van der Waals surface area contributed by atoms with Crippen LogP contribution < -0.4 is 4.72 Å². The van der Waals surface area contributed by atoms with Crippen LogP contribution in [0.1, 0.15) is 18.3 Å². The number of hydrogen-bond donors (Lipinski definition) is 1. The van der Waals surface area contributed by atoms with Gasteiger partial charge in [0.15, 0.2) is 0 Å². The number of hydrogen-bond acceptors (Lipinski definition) is 3. The van der Waals surface area contributed by atoms with E-state index >= 15 is 0 Å². The van der Waals surface area contributed by atoms with Gasteiger partial charge in [-0.1, -0.05) is 19.1 Å². The molecule has 1 heterocycles. The highest BCUT2D eigenvalue weighted by atomic mass is 32.2. The van der Waals surface area contributed by atoms with Gasteiger partial charge < -0.3 is 4.57 Å². The highest BCUT2D eigenvalue weighted by molar-refractivity contribution is 7.92. The molecular formula is C17H19N3O2S. The van der Waals surface area contributed by atoms with E-state index in [4.69, 9.17) is 0 Å². The molecule has 0 spiro atoms. The molecule has 0 atom stereocenters. The predicted molar refractivity (Wildman–Crippen MR) is 92.1 cm³/mol. The van der Waals surface area contributed by atoms with Crippen LogP contribution in [0.25, 0.3) is 11.0 Å². The molecule has 23 heavy (non-hydrogen) atoms. The molecule has 0 amide bonds. The van der Waals surface area contributed by atoms with E-state index in [1.165, 1.54) is 0 Å². The molecule has 0 aliphatic rings. The average molecular weight is 329 g/mol. The molecule has 3 aromatic rings. The minimum Gasteiger partial charge on any atom is -0.331 e. The third kappa shape index (κ3) is 2.94. The largest absolute Gasteiger partial charge is 0.331 e. The van der Waals surface area contributed by atoms with Crippen molar-refractivity contribution in [2.45, 2.75) is 25.2 Å². The predicted octanol–water partition coefficient (Wildman–Crippen LogP) is 3.24. The molecule has 0 saturated carbocycles. The van der Waals surface area contributed by atoms with Crippen LogP contribution in [0, 0.1) is 6.92 Å². The molecule has 0 saturated heterocycles. The molecule has 2 aromatic carbocycles. The van der Waals surface area contributed by atoms with Crippen LogP contribution in [0.15, 0.2) is 47.4 Å². The molecular weight excluding hydrogens is 310 g/mol. The zero-order valence-electron chi connectivity index (χ0n) is 13.4. The Morgan fingerprint density at radius 2 is 1.83 bits per heavy atom. The molecule has 3 rings (SSSR count). The first-order valence-electron chi connectivity index (χ1n) is 7.45. The number of aryl methyl sites for hydroxylation is 3. The van der Waals surface area contributed by atoms with Crippen LogP contribution in [-0.4, -0.2) is 18.0 Å². The van der Waals surface area contributed by atoms with E-state index in [-0.39, 0.29) is 4.90 Å². The fourth-order valence-corrected chi connectivity index (χ4v) is 3.55. The summed E-state index contributed by atoms with van der Waals surface area (Å²) in [5, 5.41) is 0. The first-order chi connectivity index (χ1) is 10.9. The van der Waals surface area contributed by atoms with Crippen LogP contribution in [0.4, 0.5) is 5.69 Å². The summed E-state index contributed by atoms with van der Waals surface area (Å²) in [6.07, 6.45) is 0.878. The molecule has 1 aromatic heterocycles. The number of benzene rings is 2. The van der Waals surface area contributed by atoms with Gasteiger partial charge in [-0.05, 0) is 49.2 Å². The number of rotatable bonds is 4. The molecule has 5 nitrogen and oxygen atoms in total. The van der Waals surface area contributed by atoms with Crippen LogP contribution in [0.5, 0.6) is 0 Å². The summed E-state index contributed by atoms with van der Waals surface area (Å²) in [6, 6.07) is 12.3. The monoisotopic (exact) mass is 329 g/mol. The number of imidazole rings is 1. The smallest absolute Gasteiger partial charge is 0.261 e. The molecule has 0 bridgehead atoms. The van der Waals surface area contributed by atoms with Gasteiger partial charge in [-0.3, -0.25) is 4.72 Å². The van der Waals surface area contributed by atoms with E-state index < -0.39 is 10.0 Å². The van der Waals surface area contributed by atoms with Gasteiger partial charge in [0.2, 0.25) is 0 Å². The second kappa shape index (κ2) is 5.70. The van der Waals surface area contributed by atoms with E-state index in [0.717, 1.165) is 28.8 Å². The van der Waals surface area contributed by atoms with Gasteiger partial charge >= 0.3 is 0 Å². The summed E-state index contributed by atoms with van der Waals surface area (Å²) >= 11 is 0. The third-order valence-electron chi connectivity index (χ3n) is 4.00. The van der Waals surface area contributed by atoms with Gasteiger partial charge in [-0.2, -0.15) is 0 Å². The van der Waals surface area contributed by atoms with Crippen molar-refractivity contribution in [1.29, 1.82) is 0 Å². The van der Waals surface area contributed by atoms with Gasteiger partial charge in [0.1, 0.15) is 5.82 Å². The Hall–Kier alpha value is -2.34. The minimum atomic E-state index is -3.59. The van der Waals surface area contributed by atoms with Crippen molar-refractivity contribution in [3.05, 3.63) is 53.9 Å². The SMILES string of the molecule is CCc1ccc(S(=O)(=O)Nc2ccc3c(c2)nc(C)n3C)cc1. The molecule has 0 aliphatic heterocycles. The van der Waals surface area contributed by atoms with Gasteiger partial charge in [-0.15, -0.1) is 0 Å². The van der Waals surface area contributed by atoms with Gasteiger partial charge in [0.25, 0.3) is 10.0 Å². The number of nitrogens with one attached hydrogen (secondary N) is 1. The standard InChI is InChI=1S/C17H19N3O2S/c1-4-13-5-8-15(9-6-13)23(21,22)19-14-7-10-17-16(11-14)18-12(2)20(17)3/h5-11,19H,4H2,1-3H3. The molecule has 0 fully saturated rings. The van der Waals surface area contributed by atoms with Crippen molar-refractivity contribution in [2.75, 3.05) is 4.72 Å². The van der Waals surface area contributed by atoms with E-state index in [1.807, 2.05) is 43.7 Å². The Bertz CT molecular complexity index is 957. The summed E-state index contributed by atoms with van der Waals surface area (Å²) in [7, 11) is -1.66. The lowest BCUT2D eigenvalue weighted by molar-refractivity contribution is 0.601. The molecule has 120 valence electrons. The fraction of sp³-hybridized carbons (Fsp3) is 0.235. The van der Waals surface area contributed by atoms with Crippen LogP contribution in [0.2, 0.25) is 0 Å². The normalized spacial score (nSPS) is 11.8. The maximum absolute atomic E-state index is 12.5. The van der Waals surface area contributed by atoms with Crippen molar-refractivity contribution < 1.29 is 8.42 Å². The third-order valence-corrected chi connectivity index (χ3v) is 5.40. The van der Waals surface area contributed by atoms with E-state index in [1.54, 1.807) is 24.3 Å². The van der Waals surface area contributed by atoms with Crippen molar-refractivity contribution in [2.24, 2.45) is 7.05 Å². The Balaban J connectivity index is 1.93. The van der Waals surface area contributed by atoms with Crippen LogP contribution in [0.3, 0.4) is 0 Å². The molecule has 0 aliphatic carbocycles. The zero-order valence-corrected chi connectivity index (χ0v) is 14.2. The van der Waals surface area contributed by atoms with Crippen molar-refractivity contribution in [3.8, 4) is 0 Å². The molecule has 0 radical (unpaired) electrons. The topological polar surface area (TPSA) is 64.0 Å². The van der Waals surface area contributed by atoms with E-state index in [9.17, 15) is 8.42 Å². The lowest BCUT2D eigenvalue weighted by Gasteiger charge is -2.09. The van der Waals surface area contributed by atoms with Crippen molar-refractivity contribution in [3.63, 3.8) is 0 Å². The summed E-state index contributed by atoms with van der Waals surface area (Å²) < 4.78 is 29.5. The highest BCUT2D eigenvalue weighted by Crippen LogP contribution is 2.22. The summed E-state index contributed by atoms with van der Waals surface area (Å²) in [6.45, 7) is 3.95. The maximum atomic E-state index is 12.5. The van der Waals surface area contributed by atoms with Crippen molar-refractivity contribution in [1.82, 2.24) is 9.55 Å². The van der Waals surface area contributed by atoms with Gasteiger partial charge in [0, 0.05) is 7.05 Å². The number of aromatic nitrogens is 2. The summed E-state index contributed by atoms with van der Waals surface area (Å²) in [4.78, 5) is 4.68. The lowest BCUT2D eigenvalue weighted by atomic mass is 10.2. The van der Waals surface area contributed by atoms with E-state index in [2.05, 4.69) is 9.71 Å². The molecule has 1 N–H and O–H groups in total. The maximum Gasteiger partial charge on any atom is 0.261 e. The zero-order chi connectivity index (χ0) is 16.6. The average Bonchev–Trinajstić information content (AvgIpc) is 2.81. The Kier molecular flexibility index (Phi) is 3.85. The number of nitrogens with zero attached hydrogens (tertiary/aromatic N) is 2. The first kappa shape index (κ1) is 15.6. The fourth-order valence-electron chi connectivity index (χ4n) is 2.50. The second-order valence-electron chi connectivity index (χ2n) is 5.52. The number of sulfonamides is 1. The number of fused-ring (bicyclic) bond motifs is 1. The summed E-state index contributed by atoms with van der Waals surface area (Å²) in [5.74, 6) is 0.884. The lowest BCUT2D eigenvalue weighted by Crippen LogP contribution is -2.12.